The molecule has 2 unspecified atom stereocenters. The Balaban J connectivity index is 2.08. The average Bonchev–Trinajstić information content (AvgIpc) is 2.76. The molecule has 100 valence electrons. The van der Waals surface area contributed by atoms with Gasteiger partial charge in [-0.3, -0.25) is 4.79 Å². The Morgan fingerprint density at radius 1 is 1.72 bits per heavy atom. The molecule has 2 rings (SSSR count). The SMILES string of the molecule is CC1CCCC(CO)(NC(=O)c2cc(Cl)c[nH]2)C1. The summed E-state index contributed by atoms with van der Waals surface area (Å²) in [7, 11) is 0. The van der Waals surface area contributed by atoms with Crippen molar-refractivity contribution in [3.8, 4) is 0 Å². The van der Waals surface area contributed by atoms with Crippen LogP contribution in [0.4, 0.5) is 0 Å². The normalized spacial score (nSPS) is 28.1. The number of aliphatic hydroxyl groups is 1. The van der Waals surface area contributed by atoms with Crippen LogP contribution in [0.2, 0.25) is 5.02 Å². The number of nitrogens with one attached hydrogen (secondary N) is 2. The number of rotatable bonds is 3. The largest absolute Gasteiger partial charge is 0.394 e. The topological polar surface area (TPSA) is 65.1 Å². The summed E-state index contributed by atoms with van der Waals surface area (Å²) in [6, 6.07) is 1.59. The summed E-state index contributed by atoms with van der Waals surface area (Å²) >= 11 is 5.78. The van der Waals surface area contributed by atoms with Crippen LogP contribution < -0.4 is 5.32 Å². The maximum absolute atomic E-state index is 12.1. The first kappa shape index (κ1) is 13.4. The van der Waals surface area contributed by atoms with Gasteiger partial charge in [0.25, 0.3) is 5.91 Å². The van der Waals surface area contributed by atoms with Crippen LogP contribution in [0.3, 0.4) is 0 Å². The van der Waals surface area contributed by atoms with Crippen molar-refractivity contribution in [2.75, 3.05) is 6.61 Å². The van der Waals surface area contributed by atoms with Crippen molar-refractivity contribution in [3.05, 3.63) is 23.0 Å². The molecule has 0 saturated heterocycles. The number of aromatic nitrogens is 1. The second-order valence-electron chi connectivity index (χ2n) is 5.33. The zero-order valence-corrected chi connectivity index (χ0v) is 11.3. The number of aliphatic hydroxyl groups excluding tert-OH is 1. The number of hydrogen-bond donors (Lipinski definition) is 3. The van der Waals surface area contributed by atoms with Crippen molar-refractivity contribution in [2.45, 2.75) is 38.1 Å². The molecule has 1 aliphatic carbocycles. The standard InChI is InChI=1S/C13H19ClN2O2/c1-9-3-2-4-13(6-9,8-17)16-12(18)11-5-10(14)7-15-11/h5,7,9,15,17H,2-4,6,8H2,1H3,(H,16,18). The molecule has 2 atom stereocenters. The van der Waals surface area contributed by atoms with Crippen molar-refractivity contribution in [1.82, 2.24) is 10.3 Å². The van der Waals surface area contributed by atoms with Crippen LogP contribution in [0.25, 0.3) is 0 Å². The van der Waals surface area contributed by atoms with E-state index in [1.807, 2.05) is 0 Å². The van der Waals surface area contributed by atoms with E-state index in [1.54, 1.807) is 12.3 Å². The van der Waals surface area contributed by atoms with Gasteiger partial charge in [0.05, 0.1) is 17.2 Å². The lowest BCUT2D eigenvalue weighted by molar-refractivity contribution is 0.0693. The van der Waals surface area contributed by atoms with Crippen LogP contribution in [0.15, 0.2) is 12.3 Å². The van der Waals surface area contributed by atoms with Crippen molar-refractivity contribution in [1.29, 1.82) is 0 Å². The lowest BCUT2D eigenvalue weighted by Gasteiger charge is -2.39. The molecule has 1 amide bonds. The van der Waals surface area contributed by atoms with Crippen LogP contribution in [0.1, 0.15) is 43.1 Å². The quantitative estimate of drug-likeness (QED) is 0.789. The van der Waals surface area contributed by atoms with E-state index in [0.717, 1.165) is 25.7 Å². The molecule has 4 nitrogen and oxygen atoms in total. The average molecular weight is 271 g/mol. The second kappa shape index (κ2) is 5.33. The van der Waals surface area contributed by atoms with E-state index in [4.69, 9.17) is 11.6 Å². The zero-order chi connectivity index (χ0) is 13.2. The number of hydrogen-bond acceptors (Lipinski definition) is 2. The molecule has 18 heavy (non-hydrogen) atoms. The Kier molecular flexibility index (Phi) is 3.97. The minimum atomic E-state index is -0.480. The Morgan fingerprint density at radius 3 is 3.06 bits per heavy atom. The molecular formula is C13H19ClN2O2. The van der Waals surface area contributed by atoms with Gasteiger partial charge in [0.2, 0.25) is 0 Å². The van der Waals surface area contributed by atoms with Gasteiger partial charge in [-0.1, -0.05) is 31.4 Å². The lowest BCUT2D eigenvalue weighted by atomic mass is 9.77. The smallest absolute Gasteiger partial charge is 0.268 e. The minimum absolute atomic E-state index is 0.0163. The molecule has 1 aromatic heterocycles. The predicted octanol–water partition coefficient (Wildman–Crippen LogP) is 2.34. The molecule has 0 spiro atoms. The van der Waals surface area contributed by atoms with Gasteiger partial charge < -0.3 is 15.4 Å². The molecule has 0 radical (unpaired) electrons. The van der Waals surface area contributed by atoms with Gasteiger partial charge in [0.15, 0.2) is 0 Å². The molecule has 3 N–H and O–H groups in total. The van der Waals surface area contributed by atoms with Gasteiger partial charge >= 0.3 is 0 Å². The number of halogens is 1. The summed E-state index contributed by atoms with van der Waals surface area (Å²) in [5.41, 5.74) is -0.0437. The summed E-state index contributed by atoms with van der Waals surface area (Å²) in [6.07, 6.45) is 5.42. The van der Waals surface area contributed by atoms with E-state index >= 15 is 0 Å². The molecule has 1 aliphatic rings. The summed E-state index contributed by atoms with van der Waals surface area (Å²) in [6.45, 7) is 2.14. The van der Waals surface area contributed by atoms with E-state index < -0.39 is 5.54 Å². The zero-order valence-electron chi connectivity index (χ0n) is 10.5. The maximum Gasteiger partial charge on any atom is 0.268 e. The Bertz CT molecular complexity index is 432. The Hall–Kier alpha value is -1.00. The van der Waals surface area contributed by atoms with Crippen molar-refractivity contribution in [3.63, 3.8) is 0 Å². The minimum Gasteiger partial charge on any atom is -0.394 e. The molecule has 1 aromatic rings. The van der Waals surface area contributed by atoms with E-state index in [0.29, 0.717) is 16.6 Å². The van der Waals surface area contributed by atoms with Crippen molar-refractivity contribution >= 4 is 17.5 Å². The maximum atomic E-state index is 12.1. The summed E-state index contributed by atoms with van der Waals surface area (Å²) < 4.78 is 0. The summed E-state index contributed by atoms with van der Waals surface area (Å²) in [4.78, 5) is 14.9. The predicted molar refractivity (Wildman–Crippen MR) is 70.7 cm³/mol. The highest BCUT2D eigenvalue weighted by molar-refractivity contribution is 6.30. The first-order valence-corrected chi connectivity index (χ1v) is 6.70. The molecule has 1 heterocycles. The van der Waals surface area contributed by atoms with Crippen molar-refractivity contribution < 1.29 is 9.90 Å². The van der Waals surface area contributed by atoms with Crippen LogP contribution in [-0.2, 0) is 0 Å². The van der Waals surface area contributed by atoms with Crippen LogP contribution in [0.5, 0.6) is 0 Å². The van der Waals surface area contributed by atoms with Crippen LogP contribution in [0, 0.1) is 5.92 Å². The highest BCUT2D eigenvalue weighted by Gasteiger charge is 2.36. The number of H-pyrrole nitrogens is 1. The number of aromatic amines is 1. The monoisotopic (exact) mass is 270 g/mol. The van der Waals surface area contributed by atoms with Gasteiger partial charge in [-0.25, -0.2) is 0 Å². The third kappa shape index (κ3) is 2.87. The third-order valence-corrected chi connectivity index (χ3v) is 3.88. The van der Waals surface area contributed by atoms with Gasteiger partial charge in [0.1, 0.15) is 5.69 Å². The Morgan fingerprint density at radius 2 is 2.50 bits per heavy atom. The second-order valence-corrected chi connectivity index (χ2v) is 5.76. The fourth-order valence-corrected chi connectivity index (χ4v) is 2.93. The fourth-order valence-electron chi connectivity index (χ4n) is 2.76. The first-order valence-electron chi connectivity index (χ1n) is 6.32. The fraction of sp³-hybridized carbons (Fsp3) is 0.615. The van der Waals surface area contributed by atoms with E-state index in [1.165, 1.54) is 0 Å². The van der Waals surface area contributed by atoms with Gasteiger partial charge in [0, 0.05) is 6.20 Å². The molecular weight excluding hydrogens is 252 g/mol. The van der Waals surface area contributed by atoms with Crippen LogP contribution in [-0.4, -0.2) is 28.1 Å². The van der Waals surface area contributed by atoms with Gasteiger partial charge in [-0.15, -0.1) is 0 Å². The number of carbonyl (C=O) groups is 1. The molecule has 5 heteroatoms. The highest BCUT2D eigenvalue weighted by Crippen LogP contribution is 2.32. The lowest BCUT2D eigenvalue weighted by Crippen LogP contribution is -2.53. The number of amides is 1. The molecule has 0 aromatic carbocycles. The Labute approximate surface area is 112 Å². The van der Waals surface area contributed by atoms with E-state index in [-0.39, 0.29) is 12.5 Å². The molecule has 1 fully saturated rings. The van der Waals surface area contributed by atoms with Crippen LogP contribution >= 0.6 is 11.6 Å². The molecule has 0 bridgehead atoms. The first-order chi connectivity index (χ1) is 8.54. The van der Waals surface area contributed by atoms with Crippen molar-refractivity contribution in [2.24, 2.45) is 5.92 Å². The highest BCUT2D eigenvalue weighted by atomic mass is 35.5. The molecule has 0 aliphatic heterocycles. The molecule has 1 saturated carbocycles. The van der Waals surface area contributed by atoms with Gasteiger partial charge in [-0.2, -0.15) is 0 Å². The summed E-state index contributed by atoms with van der Waals surface area (Å²) in [5.74, 6) is 0.323. The summed E-state index contributed by atoms with van der Waals surface area (Å²) in [5, 5.41) is 13.1. The third-order valence-electron chi connectivity index (χ3n) is 3.67. The van der Waals surface area contributed by atoms with E-state index in [2.05, 4.69) is 17.2 Å². The van der Waals surface area contributed by atoms with E-state index in [9.17, 15) is 9.90 Å². The van der Waals surface area contributed by atoms with Gasteiger partial charge in [-0.05, 0) is 24.8 Å². The number of carbonyl (C=O) groups excluding carboxylic acids is 1.